The predicted octanol–water partition coefficient (Wildman–Crippen LogP) is 0.552. The Bertz CT molecular complexity index is 260. The molecule has 0 spiro atoms. The minimum Gasteiger partial charge on any atom is -0.390 e. The van der Waals surface area contributed by atoms with Crippen molar-refractivity contribution in [1.82, 2.24) is 15.1 Å². The van der Waals surface area contributed by atoms with Crippen molar-refractivity contribution in [2.24, 2.45) is 0 Å². The highest BCUT2D eigenvalue weighted by atomic mass is 16.3. The summed E-state index contributed by atoms with van der Waals surface area (Å²) in [7, 11) is 0. The zero-order valence-electron chi connectivity index (χ0n) is 8.90. The summed E-state index contributed by atoms with van der Waals surface area (Å²) in [5.41, 5.74) is 0.985. The number of aliphatic hydroxyl groups excluding tert-OH is 1. The van der Waals surface area contributed by atoms with E-state index in [-0.39, 0.29) is 6.10 Å². The van der Waals surface area contributed by atoms with Crippen molar-refractivity contribution >= 4 is 0 Å². The molecule has 0 aliphatic rings. The summed E-state index contributed by atoms with van der Waals surface area (Å²) in [6.45, 7) is 6.20. The van der Waals surface area contributed by atoms with Crippen LogP contribution in [-0.2, 0) is 6.54 Å². The highest BCUT2D eigenvalue weighted by Crippen LogP contribution is 1.94. The highest BCUT2D eigenvalue weighted by molar-refractivity contribution is 4.94. The van der Waals surface area contributed by atoms with Gasteiger partial charge in [0.2, 0.25) is 0 Å². The maximum absolute atomic E-state index is 9.62. The van der Waals surface area contributed by atoms with Gasteiger partial charge in [0.05, 0.1) is 18.3 Å². The lowest BCUT2D eigenvalue weighted by atomic mass is 10.3. The summed E-state index contributed by atoms with van der Waals surface area (Å²) in [5.74, 6) is 0. The summed E-state index contributed by atoms with van der Waals surface area (Å²) < 4.78 is 1.77. The van der Waals surface area contributed by atoms with Crippen LogP contribution in [0, 0.1) is 6.92 Å². The lowest BCUT2D eigenvalue weighted by molar-refractivity contribution is 0.147. The maximum Gasteiger partial charge on any atom is 0.0860 e. The fourth-order valence-corrected chi connectivity index (χ4v) is 1.29. The van der Waals surface area contributed by atoms with E-state index in [1.54, 1.807) is 4.68 Å². The van der Waals surface area contributed by atoms with Gasteiger partial charge in [-0.05, 0) is 26.0 Å². The smallest absolute Gasteiger partial charge is 0.0860 e. The summed E-state index contributed by atoms with van der Waals surface area (Å²) in [5, 5.41) is 17.0. The molecule has 0 amide bonds. The number of aromatic nitrogens is 2. The molecule has 2 N–H and O–H groups in total. The quantitative estimate of drug-likeness (QED) is 0.655. The summed E-state index contributed by atoms with van der Waals surface area (Å²) in [6.07, 6.45) is 2.62. The molecular formula is C10H19N3O. The number of aryl methyl sites for hydroxylation is 1. The van der Waals surface area contributed by atoms with E-state index in [0.717, 1.165) is 18.7 Å². The Morgan fingerprint density at radius 1 is 1.64 bits per heavy atom. The Hall–Kier alpha value is -0.870. The molecule has 0 fully saturated rings. The average Bonchev–Trinajstić information content (AvgIpc) is 2.52. The second kappa shape index (κ2) is 5.78. The molecule has 1 unspecified atom stereocenters. The Balaban J connectivity index is 2.23. The lowest BCUT2D eigenvalue weighted by Crippen LogP contribution is -2.30. The first-order valence-electron chi connectivity index (χ1n) is 5.11. The van der Waals surface area contributed by atoms with Crippen LogP contribution in [0.1, 0.15) is 19.0 Å². The van der Waals surface area contributed by atoms with E-state index in [1.807, 2.05) is 19.2 Å². The zero-order valence-corrected chi connectivity index (χ0v) is 8.90. The van der Waals surface area contributed by atoms with Gasteiger partial charge >= 0.3 is 0 Å². The van der Waals surface area contributed by atoms with Crippen molar-refractivity contribution in [3.05, 3.63) is 18.0 Å². The molecule has 1 heterocycles. The normalized spacial score (nSPS) is 13.1. The van der Waals surface area contributed by atoms with Gasteiger partial charge in [-0.25, -0.2) is 0 Å². The molecule has 4 nitrogen and oxygen atoms in total. The van der Waals surface area contributed by atoms with Crippen LogP contribution in [0.4, 0.5) is 0 Å². The molecule has 1 rings (SSSR count). The van der Waals surface area contributed by atoms with E-state index in [4.69, 9.17) is 0 Å². The number of rotatable bonds is 6. The van der Waals surface area contributed by atoms with Crippen LogP contribution in [-0.4, -0.2) is 34.1 Å². The van der Waals surface area contributed by atoms with Gasteiger partial charge in [-0.15, -0.1) is 0 Å². The Kier molecular flexibility index (Phi) is 4.62. The standard InChI is InChI=1S/C10H19N3O/c1-3-5-11-7-10(14)8-13-6-4-9(2)12-13/h4,6,10-11,14H,3,5,7-8H2,1-2H3. The monoisotopic (exact) mass is 197 g/mol. The summed E-state index contributed by atoms with van der Waals surface area (Å²) >= 11 is 0. The molecule has 0 saturated carbocycles. The maximum atomic E-state index is 9.62. The SMILES string of the molecule is CCCNCC(O)Cn1ccc(C)n1. The topological polar surface area (TPSA) is 50.1 Å². The predicted molar refractivity (Wildman–Crippen MR) is 56.1 cm³/mol. The van der Waals surface area contributed by atoms with E-state index < -0.39 is 0 Å². The van der Waals surface area contributed by atoms with Crippen molar-refractivity contribution in [1.29, 1.82) is 0 Å². The number of aliphatic hydroxyl groups is 1. The molecule has 0 aromatic carbocycles. The van der Waals surface area contributed by atoms with Gasteiger partial charge in [0.25, 0.3) is 0 Å². The van der Waals surface area contributed by atoms with Crippen molar-refractivity contribution in [2.75, 3.05) is 13.1 Å². The third-order valence-corrected chi connectivity index (χ3v) is 1.98. The first-order valence-corrected chi connectivity index (χ1v) is 5.11. The van der Waals surface area contributed by atoms with Gasteiger partial charge in [0, 0.05) is 12.7 Å². The molecule has 0 saturated heterocycles. The third kappa shape index (κ3) is 3.89. The molecule has 1 aromatic rings. The second-order valence-corrected chi connectivity index (χ2v) is 3.54. The van der Waals surface area contributed by atoms with Gasteiger partial charge in [-0.1, -0.05) is 6.92 Å². The molecule has 0 radical (unpaired) electrons. The fraction of sp³-hybridized carbons (Fsp3) is 0.700. The van der Waals surface area contributed by atoms with Gasteiger partial charge in [-0.3, -0.25) is 4.68 Å². The number of nitrogens with zero attached hydrogens (tertiary/aromatic N) is 2. The molecule has 1 atom stereocenters. The molecule has 14 heavy (non-hydrogen) atoms. The number of hydrogen-bond donors (Lipinski definition) is 2. The van der Waals surface area contributed by atoms with Gasteiger partial charge in [-0.2, -0.15) is 5.10 Å². The zero-order chi connectivity index (χ0) is 10.4. The molecule has 4 heteroatoms. The molecule has 0 aliphatic carbocycles. The number of nitrogens with one attached hydrogen (secondary N) is 1. The Morgan fingerprint density at radius 3 is 3.00 bits per heavy atom. The fourth-order valence-electron chi connectivity index (χ4n) is 1.29. The van der Waals surface area contributed by atoms with Crippen LogP contribution >= 0.6 is 0 Å². The minimum atomic E-state index is -0.360. The van der Waals surface area contributed by atoms with Gasteiger partial charge < -0.3 is 10.4 Å². The van der Waals surface area contributed by atoms with Crippen LogP contribution < -0.4 is 5.32 Å². The largest absolute Gasteiger partial charge is 0.390 e. The molecule has 80 valence electrons. The first kappa shape index (κ1) is 11.2. The van der Waals surface area contributed by atoms with Crippen molar-refractivity contribution < 1.29 is 5.11 Å². The molecule has 0 bridgehead atoms. The lowest BCUT2D eigenvalue weighted by Gasteiger charge is -2.11. The van der Waals surface area contributed by atoms with E-state index in [1.165, 1.54) is 0 Å². The van der Waals surface area contributed by atoms with Crippen molar-refractivity contribution in [2.45, 2.75) is 32.9 Å². The van der Waals surface area contributed by atoms with Crippen LogP contribution in [0.3, 0.4) is 0 Å². The summed E-state index contributed by atoms with van der Waals surface area (Å²) in [6, 6.07) is 1.94. The van der Waals surface area contributed by atoms with Gasteiger partial charge in [0.15, 0.2) is 0 Å². The van der Waals surface area contributed by atoms with E-state index in [2.05, 4.69) is 17.3 Å². The summed E-state index contributed by atoms with van der Waals surface area (Å²) in [4.78, 5) is 0. The highest BCUT2D eigenvalue weighted by Gasteiger charge is 2.04. The van der Waals surface area contributed by atoms with Crippen LogP contribution in [0.5, 0.6) is 0 Å². The first-order chi connectivity index (χ1) is 6.72. The molecular weight excluding hydrogens is 178 g/mol. The van der Waals surface area contributed by atoms with Crippen molar-refractivity contribution in [3.63, 3.8) is 0 Å². The van der Waals surface area contributed by atoms with Crippen LogP contribution in [0.2, 0.25) is 0 Å². The van der Waals surface area contributed by atoms with E-state index in [9.17, 15) is 5.11 Å². The van der Waals surface area contributed by atoms with E-state index in [0.29, 0.717) is 13.1 Å². The Morgan fingerprint density at radius 2 is 2.43 bits per heavy atom. The Labute approximate surface area is 84.9 Å². The van der Waals surface area contributed by atoms with Gasteiger partial charge in [0.1, 0.15) is 0 Å². The van der Waals surface area contributed by atoms with Crippen molar-refractivity contribution in [3.8, 4) is 0 Å². The third-order valence-electron chi connectivity index (χ3n) is 1.98. The van der Waals surface area contributed by atoms with Crippen LogP contribution in [0.15, 0.2) is 12.3 Å². The molecule has 1 aromatic heterocycles. The second-order valence-electron chi connectivity index (χ2n) is 3.54. The number of hydrogen-bond acceptors (Lipinski definition) is 3. The van der Waals surface area contributed by atoms with E-state index >= 15 is 0 Å². The molecule has 0 aliphatic heterocycles. The minimum absolute atomic E-state index is 0.360. The average molecular weight is 197 g/mol. The van der Waals surface area contributed by atoms with Crippen LogP contribution in [0.25, 0.3) is 0 Å².